The van der Waals surface area contributed by atoms with Crippen molar-refractivity contribution in [3.63, 3.8) is 0 Å². The molecule has 1 aliphatic rings. The van der Waals surface area contributed by atoms with Crippen LogP contribution in [0.15, 0.2) is 12.2 Å². The molecule has 0 aromatic heterocycles. The highest BCUT2D eigenvalue weighted by Crippen LogP contribution is 2.48. The highest BCUT2D eigenvalue weighted by molar-refractivity contribution is 5.87. The lowest BCUT2D eigenvalue weighted by atomic mass is 9.63. The predicted octanol–water partition coefficient (Wildman–Crippen LogP) is 8.31. The summed E-state index contributed by atoms with van der Waals surface area (Å²) in [4.78, 5) is 11.7. The molecule has 0 aliphatic heterocycles. The van der Waals surface area contributed by atoms with E-state index in [1.807, 2.05) is 0 Å². The Bertz CT molecular complexity index is 405. The number of unbranched alkanes of at least 4 members (excludes halogenated alkanes) is 10. The second kappa shape index (κ2) is 14.2. The van der Waals surface area contributed by atoms with E-state index in [-0.39, 0.29) is 5.41 Å². The normalized spacial score (nSPS) is 22.7. The quantitative estimate of drug-likeness (QED) is 0.216. The van der Waals surface area contributed by atoms with Crippen molar-refractivity contribution < 1.29 is 9.90 Å². The number of carboxylic acids is 1. The largest absolute Gasteiger partial charge is 0.478 e. The molecule has 27 heavy (non-hydrogen) atoms. The molecule has 0 spiro atoms. The van der Waals surface area contributed by atoms with Crippen molar-refractivity contribution in [2.24, 2.45) is 11.3 Å². The Morgan fingerprint density at radius 2 is 1.33 bits per heavy atom. The summed E-state index contributed by atoms with van der Waals surface area (Å²) < 4.78 is 0. The average Bonchev–Trinajstić information content (AvgIpc) is 2.67. The van der Waals surface area contributed by atoms with Gasteiger partial charge in [-0.3, -0.25) is 0 Å². The molecule has 0 amide bonds. The minimum Gasteiger partial charge on any atom is -0.478 e. The lowest BCUT2D eigenvalue weighted by molar-refractivity contribution is -0.134. The number of hydrogen-bond donors (Lipinski definition) is 1. The number of carbonyl (C=O) groups is 1. The third kappa shape index (κ3) is 9.30. The minimum atomic E-state index is -0.768. The number of rotatable bonds is 16. The van der Waals surface area contributed by atoms with Crippen LogP contribution in [0.3, 0.4) is 0 Å². The van der Waals surface area contributed by atoms with Gasteiger partial charge in [0.1, 0.15) is 0 Å². The van der Waals surface area contributed by atoms with E-state index in [1.54, 1.807) is 0 Å². The van der Waals surface area contributed by atoms with Crippen LogP contribution in [0.2, 0.25) is 0 Å². The molecule has 1 aliphatic carbocycles. The molecule has 0 unspecified atom stereocenters. The molecule has 0 aromatic carbocycles. The van der Waals surface area contributed by atoms with Crippen LogP contribution < -0.4 is 0 Å². The lowest BCUT2D eigenvalue weighted by Gasteiger charge is -2.41. The topological polar surface area (TPSA) is 37.3 Å². The second-order valence-corrected chi connectivity index (χ2v) is 9.08. The first-order valence-electron chi connectivity index (χ1n) is 12.0. The zero-order chi connectivity index (χ0) is 20.0. The molecule has 158 valence electrons. The lowest BCUT2D eigenvalue weighted by Crippen LogP contribution is -2.32. The van der Waals surface area contributed by atoms with Crippen molar-refractivity contribution in [3.05, 3.63) is 12.2 Å². The van der Waals surface area contributed by atoms with Gasteiger partial charge in [-0.05, 0) is 38.0 Å². The molecule has 0 heterocycles. The monoisotopic (exact) mass is 378 g/mol. The first-order valence-corrected chi connectivity index (χ1v) is 12.0. The van der Waals surface area contributed by atoms with Gasteiger partial charge >= 0.3 is 5.97 Å². The fourth-order valence-corrected chi connectivity index (χ4v) is 4.91. The van der Waals surface area contributed by atoms with Crippen LogP contribution in [0.4, 0.5) is 0 Å². The van der Waals surface area contributed by atoms with Crippen LogP contribution in [0, 0.1) is 11.3 Å². The van der Waals surface area contributed by atoms with Crippen molar-refractivity contribution in [1.82, 2.24) is 0 Å². The Kier molecular flexibility index (Phi) is 12.8. The fraction of sp³-hybridized carbons (Fsp3) is 0.880. The third-order valence-electron chi connectivity index (χ3n) is 6.94. The fourth-order valence-electron chi connectivity index (χ4n) is 4.91. The van der Waals surface area contributed by atoms with Gasteiger partial charge in [-0.25, -0.2) is 4.79 Å². The maximum atomic E-state index is 11.7. The Labute approximate surface area is 169 Å². The molecule has 2 nitrogen and oxygen atoms in total. The summed E-state index contributed by atoms with van der Waals surface area (Å²) >= 11 is 0. The summed E-state index contributed by atoms with van der Waals surface area (Å²) in [6.45, 7) is 8.52. The van der Waals surface area contributed by atoms with E-state index < -0.39 is 5.97 Å². The average molecular weight is 379 g/mol. The highest BCUT2D eigenvalue weighted by Gasteiger charge is 2.39. The Hall–Kier alpha value is -0.790. The number of carboxylic acid groups (broad SMARTS) is 1. The molecule has 0 atom stereocenters. The van der Waals surface area contributed by atoms with E-state index in [1.165, 1.54) is 89.9 Å². The SMILES string of the molecule is C=C(C(=O)O)C1(CCCCCCCC)CCC(CCCCCCCC)CC1. The summed E-state index contributed by atoms with van der Waals surface area (Å²) in [7, 11) is 0. The van der Waals surface area contributed by atoms with Crippen LogP contribution >= 0.6 is 0 Å². The van der Waals surface area contributed by atoms with E-state index in [9.17, 15) is 9.90 Å². The zero-order valence-electron chi connectivity index (χ0n) is 18.4. The Balaban J connectivity index is 2.37. The Morgan fingerprint density at radius 3 is 1.85 bits per heavy atom. The summed E-state index contributed by atoms with van der Waals surface area (Å²) in [6, 6.07) is 0. The molecule has 2 heteroatoms. The standard InChI is InChI=1S/C25H46O2/c1-4-6-8-10-12-14-16-23-17-20-25(21-18-23,22(3)24(26)27)19-15-13-11-9-7-5-2/h23H,3-21H2,1-2H3,(H,26,27). The van der Waals surface area contributed by atoms with Crippen molar-refractivity contribution >= 4 is 5.97 Å². The molecule has 1 rings (SSSR count). The van der Waals surface area contributed by atoms with Crippen LogP contribution in [0.1, 0.15) is 129 Å². The summed E-state index contributed by atoms with van der Waals surface area (Å²) in [6.07, 6.45) is 22.7. The van der Waals surface area contributed by atoms with Crippen LogP contribution in [0.25, 0.3) is 0 Å². The van der Waals surface area contributed by atoms with E-state index in [4.69, 9.17) is 0 Å². The van der Waals surface area contributed by atoms with Crippen molar-refractivity contribution in [3.8, 4) is 0 Å². The minimum absolute atomic E-state index is 0.117. The molecule has 1 saturated carbocycles. The summed E-state index contributed by atoms with van der Waals surface area (Å²) in [5.74, 6) is 0.0470. The molecule has 0 radical (unpaired) electrons. The van der Waals surface area contributed by atoms with E-state index in [0.717, 1.165) is 31.6 Å². The van der Waals surface area contributed by atoms with Gasteiger partial charge in [0.05, 0.1) is 0 Å². The molecule has 0 saturated heterocycles. The zero-order valence-corrected chi connectivity index (χ0v) is 18.4. The Morgan fingerprint density at radius 1 is 0.852 bits per heavy atom. The van der Waals surface area contributed by atoms with E-state index in [0.29, 0.717) is 5.57 Å². The molecule has 0 aromatic rings. The van der Waals surface area contributed by atoms with Crippen molar-refractivity contribution in [1.29, 1.82) is 0 Å². The third-order valence-corrected chi connectivity index (χ3v) is 6.94. The molecule has 1 N–H and O–H groups in total. The van der Waals surface area contributed by atoms with E-state index >= 15 is 0 Å². The molecular weight excluding hydrogens is 332 g/mol. The van der Waals surface area contributed by atoms with Gasteiger partial charge in [-0.2, -0.15) is 0 Å². The first-order chi connectivity index (χ1) is 13.1. The highest BCUT2D eigenvalue weighted by atomic mass is 16.4. The van der Waals surface area contributed by atoms with E-state index in [2.05, 4.69) is 20.4 Å². The smallest absolute Gasteiger partial charge is 0.331 e. The van der Waals surface area contributed by atoms with Gasteiger partial charge in [0.25, 0.3) is 0 Å². The number of aliphatic carboxylic acids is 1. The van der Waals surface area contributed by atoms with Gasteiger partial charge in [0.15, 0.2) is 0 Å². The van der Waals surface area contributed by atoms with Crippen molar-refractivity contribution in [2.75, 3.05) is 0 Å². The van der Waals surface area contributed by atoms with Crippen LogP contribution in [-0.4, -0.2) is 11.1 Å². The summed E-state index contributed by atoms with van der Waals surface area (Å²) in [5, 5.41) is 9.58. The summed E-state index contributed by atoms with van der Waals surface area (Å²) in [5.41, 5.74) is 0.378. The van der Waals surface area contributed by atoms with Gasteiger partial charge in [0.2, 0.25) is 0 Å². The van der Waals surface area contributed by atoms with Gasteiger partial charge < -0.3 is 5.11 Å². The maximum Gasteiger partial charge on any atom is 0.331 e. The van der Waals surface area contributed by atoms with Gasteiger partial charge in [0, 0.05) is 11.0 Å². The molecule has 0 bridgehead atoms. The number of hydrogen-bond acceptors (Lipinski definition) is 1. The van der Waals surface area contributed by atoms with Crippen molar-refractivity contribution in [2.45, 2.75) is 129 Å². The molecular formula is C25H46O2. The van der Waals surface area contributed by atoms with Crippen LogP contribution in [0.5, 0.6) is 0 Å². The molecule has 1 fully saturated rings. The first kappa shape index (κ1) is 24.2. The second-order valence-electron chi connectivity index (χ2n) is 9.08. The maximum absolute atomic E-state index is 11.7. The van der Waals surface area contributed by atoms with Crippen LogP contribution in [-0.2, 0) is 4.79 Å². The van der Waals surface area contributed by atoms with Gasteiger partial charge in [-0.1, -0.05) is 104 Å². The van der Waals surface area contributed by atoms with Gasteiger partial charge in [-0.15, -0.1) is 0 Å². The predicted molar refractivity (Wildman–Crippen MR) is 117 cm³/mol.